The van der Waals surface area contributed by atoms with Gasteiger partial charge in [0.15, 0.2) is 0 Å². The fourth-order valence-electron chi connectivity index (χ4n) is 1.34. The summed E-state index contributed by atoms with van der Waals surface area (Å²) in [5, 5.41) is 4.68. The number of rotatable bonds is 3. The number of esters is 1. The Hall–Kier alpha value is -1.07. The lowest BCUT2D eigenvalue weighted by Crippen LogP contribution is -2.34. The first-order chi connectivity index (χ1) is 6.97. The van der Waals surface area contributed by atoms with E-state index in [2.05, 4.69) is 9.84 Å². The average molecular weight is 232 g/mol. The maximum atomic E-state index is 11.1. The average Bonchev–Trinajstić information content (AvgIpc) is 2.43. The number of ether oxygens (including phenoxy) is 1. The zero-order valence-electron chi connectivity index (χ0n) is 8.95. The van der Waals surface area contributed by atoms with Crippen molar-refractivity contribution < 1.29 is 9.53 Å². The van der Waals surface area contributed by atoms with Crippen LogP contribution in [-0.2, 0) is 23.0 Å². The van der Waals surface area contributed by atoms with Crippen molar-refractivity contribution in [3.05, 3.63) is 16.4 Å². The Balaban J connectivity index is 2.85. The van der Waals surface area contributed by atoms with E-state index < -0.39 is 12.0 Å². The Labute approximate surface area is 93.1 Å². The summed E-state index contributed by atoms with van der Waals surface area (Å²) in [6, 6.07) is -0.706. The molecule has 0 radical (unpaired) electrons. The van der Waals surface area contributed by atoms with Crippen molar-refractivity contribution in [1.29, 1.82) is 0 Å². The summed E-state index contributed by atoms with van der Waals surface area (Å²) in [4.78, 5) is 11.1. The van der Waals surface area contributed by atoms with E-state index >= 15 is 0 Å². The van der Waals surface area contributed by atoms with E-state index in [0.29, 0.717) is 11.4 Å². The van der Waals surface area contributed by atoms with Gasteiger partial charge >= 0.3 is 5.97 Å². The number of methoxy groups -OCH3 is 1. The topological polar surface area (TPSA) is 70.1 Å². The van der Waals surface area contributed by atoms with Crippen LogP contribution >= 0.6 is 11.6 Å². The van der Waals surface area contributed by atoms with Crippen LogP contribution in [0.3, 0.4) is 0 Å². The van der Waals surface area contributed by atoms with Crippen molar-refractivity contribution >= 4 is 17.6 Å². The summed E-state index contributed by atoms with van der Waals surface area (Å²) in [6.45, 7) is 1.80. The monoisotopic (exact) mass is 231 g/mol. The van der Waals surface area contributed by atoms with Gasteiger partial charge in [0.2, 0.25) is 0 Å². The number of hydrogen-bond acceptors (Lipinski definition) is 4. The smallest absolute Gasteiger partial charge is 0.323 e. The minimum atomic E-state index is -0.706. The highest BCUT2D eigenvalue weighted by molar-refractivity contribution is 6.31. The van der Waals surface area contributed by atoms with Gasteiger partial charge in [-0.05, 0) is 6.92 Å². The maximum absolute atomic E-state index is 11.1. The standard InChI is InChI=1S/C9H14ClN3O2/c1-5-8(10)7(13(2)12-5)4-6(11)9(14)15-3/h6H,4,11H2,1-3H3. The molecule has 0 spiro atoms. The molecule has 1 aromatic heterocycles. The van der Waals surface area contributed by atoms with Crippen molar-refractivity contribution in [2.45, 2.75) is 19.4 Å². The number of halogens is 1. The van der Waals surface area contributed by atoms with Gasteiger partial charge in [0.05, 0.1) is 23.5 Å². The molecule has 84 valence electrons. The molecule has 0 aromatic carbocycles. The lowest BCUT2D eigenvalue weighted by molar-refractivity contribution is -0.142. The SMILES string of the molecule is COC(=O)C(N)Cc1c(Cl)c(C)nn1C. The molecule has 15 heavy (non-hydrogen) atoms. The van der Waals surface area contributed by atoms with Crippen molar-refractivity contribution in [2.75, 3.05) is 7.11 Å². The van der Waals surface area contributed by atoms with Crippen LogP contribution in [0, 0.1) is 6.92 Å². The van der Waals surface area contributed by atoms with Gasteiger partial charge in [-0.2, -0.15) is 5.10 Å². The normalized spacial score (nSPS) is 12.6. The summed E-state index contributed by atoms with van der Waals surface area (Å²) in [5.74, 6) is -0.454. The largest absolute Gasteiger partial charge is 0.468 e. The van der Waals surface area contributed by atoms with Gasteiger partial charge in [-0.25, -0.2) is 0 Å². The Morgan fingerprint density at radius 1 is 1.73 bits per heavy atom. The van der Waals surface area contributed by atoms with E-state index in [9.17, 15) is 4.79 Å². The highest BCUT2D eigenvalue weighted by atomic mass is 35.5. The molecule has 0 aliphatic heterocycles. The van der Waals surface area contributed by atoms with Crippen molar-refractivity contribution in [3.63, 3.8) is 0 Å². The van der Waals surface area contributed by atoms with E-state index in [4.69, 9.17) is 17.3 Å². The number of nitrogens with zero attached hydrogens (tertiary/aromatic N) is 2. The maximum Gasteiger partial charge on any atom is 0.323 e. The third-order valence-electron chi connectivity index (χ3n) is 2.18. The van der Waals surface area contributed by atoms with Crippen LogP contribution < -0.4 is 5.73 Å². The number of aromatic nitrogens is 2. The highest BCUT2D eigenvalue weighted by Gasteiger charge is 2.19. The van der Waals surface area contributed by atoms with E-state index in [0.717, 1.165) is 11.4 Å². The van der Waals surface area contributed by atoms with Crippen LogP contribution in [0.25, 0.3) is 0 Å². The van der Waals surface area contributed by atoms with Gasteiger partial charge in [-0.3, -0.25) is 9.48 Å². The second kappa shape index (κ2) is 4.63. The highest BCUT2D eigenvalue weighted by Crippen LogP contribution is 2.20. The molecule has 2 N–H and O–H groups in total. The molecule has 1 atom stereocenters. The van der Waals surface area contributed by atoms with Gasteiger partial charge in [-0.15, -0.1) is 0 Å². The molecule has 1 rings (SSSR count). The molecule has 1 heterocycles. The van der Waals surface area contributed by atoms with Crippen molar-refractivity contribution in [2.24, 2.45) is 12.8 Å². The van der Waals surface area contributed by atoms with Crippen LogP contribution in [0.5, 0.6) is 0 Å². The van der Waals surface area contributed by atoms with E-state index in [1.807, 2.05) is 0 Å². The van der Waals surface area contributed by atoms with Crippen molar-refractivity contribution in [3.8, 4) is 0 Å². The van der Waals surface area contributed by atoms with E-state index in [1.165, 1.54) is 7.11 Å². The Morgan fingerprint density at radius 3 is 2.73 bits per heavy atom. The Kier molecular flexibility index (Phi) is 3.71. The van der Waals surface area contributed by atoms with E-state index in [1.54, 1.807) is 18.7 Å². The van der Waals surface area contributed by atoms with Gasteiger partial charge in [-0.1, -0.05) is 11.6 Å². The van der Waals surface area contributed by atoms with Crippen LogP contribution in [0.4, 0.5) is 0 Å². The fourth-order valence-corrected chi connectivity index (χ4v) is 1.58. The summed E-state index contributed by atoms with van der Waals surface area (Å²) in [7, 11) is 3.07. The number of carbonyl (C=O) groups excluding carboxylic acids is 1. The Bertz CT molecular complexity index is 376. The second-order valence-electron chi connectivity index (χ2n) is 3.30. The van der Waals surface area contributed by atoms with Crippen molar-refractivity contribution in [1.82, 2.24) is 9.78 Å². The molecule has 0 saturated heterocycles. The molecule has 0 aliphatic rings. The predicted molar refractivity (Wildman–Crippen MR) is 56.7 cm³/mol. The van der Waals surface area contributed by atoms with Gasteiger partial charge in [0, 0.05) is 13.5 Å². The van der Waals surface area contributed by atoms with Gasteiger partial charge in [0.25, 0.3) is 0 Å². The van der Waals surface area contributed by atoms with Crippen LogP contribution in [0.2, 0.25) is 5.02 Å². The molecule has 0 amide bonds. The predicted octanol–water partition coefficient (Wildman–Crippen LogP) is 0.425. The molecule has 5 nitrogen and oxygen atoms in total. The summed E-state index contributed by atoms with van der Waals surface area (Å²) in [6.07, 6.45) is 0.322. The first kappa shape index (κ1) is 12.0. The van der Waals surface area contributed by atoms with Crippen LogP contribution in [0.1, 0.15) is 11.4 Å². The molecule has 1 aromatic rings. The van der Waals surface area contributed by atoms with Crippen LogP contribution in [-0.4, -0.2) is 28.9 Å². The quantitative estimate of drug-likeness (QED) is 0.766. The van der Waals surface area contributed by atoms with Gasteiger partial charge in [0.1, 0.15) is 6.04 Å². The molecular weight excluding hydrogens is 218 g/mol. The van der Waals surface area contributed by atoms with Crippen LogP contribution in [0.15, 0.2) is 0 Å². The molecule has 6 heteroatoms. The number of hydrogen-bond donors (Lipinski definition) is 1. The molecule has 0 aliphatic carbocycles. The number of aryl methyl sites for hydroxylation is 2. The molecule has 0 bridgehead atoms. The molecule has 1 unspecified atom stereocenters. The minimum Gasteiger partial charge on any atom is -0.468 e. The first-order valence-electron chi connectivity index (χ1n) is 4.48. The lowest BCUT2D eigenvalue weighted by atomic mass is 10.1. The fraction of sp³-hybridized carbons (Fsp3) is 0.556. The first-order valence-corrected chi connectivity index (χ1v) is 4.86. The lowest BCUT2D eigenvalue weighted by Gasteiger charge is -2.09. The summed E-state index contributed by atoms with van der Waals surface area (Å²) >= 11 is 6.02. The third-order valence-corrected chi connectivity index (χ3v) is 2.67. The summed E-state index contributed by atoms with van der Waals surface area (Å²) < 4.78 is 6.16. The minimum absolute atomic E-state index is 0.322. The van der Waals surface area contributed by atoms with E-state index in [-0.39, 0.29) is 0 Å². The summed E-state index contributed by atoms with van der Waals surface area (Å²) in [5.41, 5.74) is 7.10. The second-order valence-corrected chi connectivity index (χ2v) is 3.68. The zero-order valence-corrected chi connectivity index (χ0v) is 9.71. The Morgan fingerprint density at radius 2 is 2.33 bits per heavy atom. The molecular formula is C9H14ClN3O2. The molecule has 0 fully saturated rings. The molecule has 0 saturated carbocycles. The zero-order chi connectivity index (χ0) is 11.6. The number of nitrogens with two attached hydrogens (primary N) is 1. The van der Waals surface area contributed by atoms with Gasteiger partial charge < -0.3 is 10.5 Å². The number of carbonyl (C=O) groups is 1. The third kappa shape index (κ3) is 2.49.